The van der Waals surface area contributed by atoms with Gasteiger partial charge in [-0.05, 0) is 42.1 Å². The molecule has 1 saturated heterocycles. The summed E-state index contributed by atoms with van der Waals surface area (Å²) in [4.78, 5) is 13.0. The highest BCUT2D eigenvalue weighted by molar-refractivity contribution is 6.91. The second kappa shape index (κ2) is 7.58. The van der Waals surface area contributed by atoms with E-state index in [4.69, 9.17) is 9.16 Å². The van der Waals surface area contributed by atoms with Gasteiger partial charge in [-0.2, -0.15) is 0 Å². The maximum atomic E-state index is 13.0. The van der Waals surface area contributed by atoms with E-state index in [0.29, 0.717) is 24.5 Å². The van der Waals surface area contributed by atoms with Gasteiger partial charge in [0.1, 0.15) is 5.76 Å². The van der Waals surface area contributed by atoms with E-state index in [1.54, 1.807) is 0 Å². The number of Topliss-reactive ketones (excluding diaryl/α,β-unsaturated/α-hetero) is 1. The van der Waals surface area contributed by atoms with Gasteiger partial charge in [-0.1, -0.05) is 69.4 Å². The van der Waals surface area contributed by atoms with Gasteiger partial charge in [-0.3, -0.25) is 4.79 Å². The van der Waals surface area contributed by atoms with Crippen LogP contribution in [0.15, 0.2) is 42.2 Å². The molecule has 28 heavy (non-hydrogen) atoms. The third kappa shape index (κ3) is 4.07. The molecule has 1 aliphatic carbocycles. The molecule has 1 aliphatic heterocycles. The van der Waals surface area contributed by atoms with Gasteiger partial charge in [0.05, 0.1) is 8.07 Å². The van der Waals surface area contributed by atoms with Gasteiger partial charge in [-0.25, -0.2) is 0 Å². The van der Waals surface area contributed by atoms with Crippen molar-refractivity contribution < 1.29 is 14.0 Å². The molecule has 1 fully saturated rings. The Labute approximate surface area is 172 Å². The molecule has 3 nitrogen and oxygen atoms in total. The largest absolute Gasteiger partial charge is 0.544 e. The molecule has 0 saturated carbocycles. The molecule has 0 unspecified atom stereocenters. The van der Waals surface area contributed by atoms with E-state index < -0.39 is 22.5 Å². The summed E-state index contributed by atoms with van der Waals surface area (Å²) in [6.45, 7) is 16.7. The second-order valence-corrected chi connectivity index (χ2v) is 19.9. The number of hydrogen-bond acceptors (Lipinski definition) is 3. The molecule has 0 spiro atoms. The summed E-state index contributed by atoms with van der Waals surface area (Å²) in [7, 11) is -3.89. The second-order valence-electron chi connectivity index (χ2n) is 10.5. The van der Waals surface area contributed by atoms with Crippen LogP contribution in [0.4, 0.5) is 0 Å². The molecule has 0 amide bonds. The van der Waals surface area contributed by atoms with Crippen LogP contribution in [-0.4, -0.2) is 34.9 Å². The average Bonchev–Trinajstić information content (AvgIpc) is 2.85. The summed E-state index contributed by atoms with van der Waals surface area (Å²) in [5, 5.41) is 1.53. The molecule has 2 aliphatic rings. The van der Waals surface area contributed by atoms with Gasteiger partial charge in [0.25, 0.3) is 0 Å². The maximum Gasteiger partial charge on any atom is 0.250 e. The van der Waals surface area contributed by atoms with Crippen molar-refractivity contribution in [1.29, 1.82) is 0 Å². The Balaban J connectivity index is 2.06. The van der Waals surface area contributed by atoms with Gasteiger partial charge in [-0.15, -0.1) is 0 Å². The predicted molar refractivity (Wildman–Crippen MR) is 121 cm³/mol. The minimum absolute atomic E-state index is 0.0825. The monoisotopic (exact) mass is 416 g/mol. The third-order valence-corrected chi connectivity index (χ3v) is 15.7. The van der Waals surface area contributed by atoms with Gasteiger partial charge >= 0.3 is 0 Å². The summed E-state index contributed by atoms with van der Waals surface area (Å²) < 4.78 is 12.7. The van der Waals surface area contributed by atoms with Crippen LogP contribution in [-0.2, 0) is 14.0 Å². The van der Waals surface area contributed by atoms with Crippen molar-refractivity contribution >= 4 is 27.4 Å². The summed E-state index contributed by atoms with van der Waals surface area (Å²) >= 11 is 0. The van der Waals surface area contributed by atoms with Crippen LogP contribution in [0, 0.1) is 5.92 Å². The van der Waals surface area contributed by atoms with E-state index in [1.807, 2.05) is 0 Å². The molecule has 1 aromatic rings. The van der Waals surface area contributed by atoms with Gasteiger partial charge in [0.15, 0.2) is 11.9 Å². The fourth-order valence-electron chi connectivity index (χ4n) is 4.24. The van der Waals surface area contributed by atoms with Crippen molar-refractivity contribution in [3.05, 3.63) is 42.2 Å². The molecule has 1 aromatic carbocycles. The fraction of sp³-hybridized carbons (Fsp3) is 0.609. The lowest BCUT2D eigenvalue weighted by Gasteiger charge is -2.40. The van der Waals surface area contributed by atoms with Crippen LogP contribution >= 0.6 is 0 Å². The molecule has 5 heteroatoms. The quantitative estimate of drug-likeness (QED) is 0.628. The van der Waals surface area contributed by atoms with Crippen molar-refractivity contribution in [1.82, 2.24) is 0 Å². The Morgan fingerprint density at radius 2 is 1.71 bits per heavy atom. The summed E-state index contributed by atoms with van der Waals surface area (Å²) in [5.41, 5.74) is 0.382. The lowest BCUT2D eigenvalue weighted by molar-refractivity contribution is -0.128. The molecular weight excluding hydrogens is 380 g/mol. The highest BCUT2D eigenvalue weighted by Gasteiger charge is 2.47. The van der Waals surface area contributed by atoms with E-state index >= 15 is 0 Å². The Bertz CT molecular complexity index is 747. The Hall–Kier alpha value is -1.18. The number of benzene rings is 1. The smallest absolute Gasteiger partial charge is 0.250 e. The van der Waals surface area contributed by atoms with Crippen molar-refractivity contribution in [2.45, 2.75) is 76.5 Å². The van der Waals surface area contributed by atoms with Crippen molar-refractivity contribution in [2.24, 2.45) is 5.92 Å². The van der Waals surface area contributed by atoms with Crippen molar-refractivity contribution in [2.75, 3.05) is 6.61 Å². The molecular formula is C23H36O3Si2. The number of allylic oxidation sites excluding steroid dienone is 1. The fourth-order valence-corrected chi connectivity index (χ4v) is 8.79. The van der Waals surface area contributed by atoms with E-state index in [1.165, 1.54) is 5.19 Å². The Morgan fingerprint density at radius 3 is 2.32 bits per heavy atom. The summed E-state index contributed by atoms with van der Waals surface area (Å²) in [5.74, 6) is 1.35. The van der Waals surface area contributed by atoms with E-state index in [9.17, 15) is 4.79 Å². The zero-order valence-electron chi connectivity index (χ0n) is 18.5. The van der Waals surface area contributed by atoms with Crippen LogP contribution in [0.3, 0.4) is 0 Å². The van der Waals surface area contributed by atoms with Crippen LogP contribution in [0.25, 0.3) is 0 Å². The first-order valence-electron chi connectivity index (χ1n) is 10.5. The zero-order chi connectivity index (χ0) is 20.7. The highest BCUT2D eigenvalue weighted by atomic mass is 28.4. The van der Waals surface area contributed by atoms with Crippen LogP contribution in [0.5, 0.6) is 0 Å². The van der Waals surface area contributed by atoms with Crippen molar-refractivity contribution in [3.8, 4) is 0 Å². The van der Waals surface area contributed by atoms with E-state index in [2.05, 4.69) is 83.4 Å². The zero-order valence-corrected chi connectivity index (χ0v) is 20.5. The first-order chi connectivity index (χ1) is 12.9. The normalized spacial score (nSPS) is 26.5. The number of hydrogen-bond donors (Lipinski definition) is 0. The number of carbonyl (C=O) groups excluding carboxylic acids is 1. The minimum Gasteiger partial charge on any atom is -0.544 e. The van der Waals surface area contributed by atoms with Gasteiger partial charge < -0.3 is 9.16 Å². The molecule has 3 atom stereocenters. The first-order valence-corrected chi connectivity index (χ1v) is 16.5. The maximum absolute atomic E-state index is 13.0. The number of fused-ring (bicyclic) bond motifs is 3. The van der Waals surface area contributed by atoms with Gasteiger partial charge in [0.2, 0.25) is 8.32 Å². The highest BCUT2D eigenvalue weighted by Crippen LogP contribution is 2.45. The van der Waals surface area contributed by atoms with E-state index in [-0.39, 0.29) is 10.8 Å². The Kier molecular flexibility index (Phi) is 5.83. The summed E-state index contributed by atoms with van der Waals surface area (Å²) in [6.07, 6.45) is 3.38. The number of ether oxygens (including phenoxy) is 1. The summed E-state index contributed by atoms with van der Waals surface area (Å²) in [6, 6.07) is 10.9. The minimum atomic E-state index is -2.05. The average molecular weight is 417 g/mol. The molecule has 3 rings (SSSR count). The number of rotatable bonds is 4. The lowest BCUT2D eigenvalue weighted by Crippen LogP contribution is -2.48. The predicted octanol–water partition coefficient (Wildman–Crippen LogP) is 5.26. The van der Waals surface area contributed by atoms with Crippen LogP contribution < -0.4 is 5.19 Å². The van der Waals surface area contributed by atoms with Gasteiger partial charge in [0, 0.05) is 13.0 Å². The molecule has 2 bridgehead atoms. The standard InChI is InChI=1S/C23H36O3Si2/c1-23(2,3)28(6,7)26-20-16-21(17-13-14-25-22(20)19(24)15-17)27(4,5)18-11-9-8-10-12-18/h8-12,16-17,21-22H,13-15H2,1-7H3/t17-,21-,22+/m0/s1. The van der Waals surface area contributed by atoms with E-state index in [0.717, 1.165) is 12.2 Å². The molecule has 0 radical (unpaired) electrons. The first kappa shape index (κ1) is 21.5. The molecule has 0 N–H and O–H groups in total. The molecule has 1 heterocycles. The SMILES string of the molecule is CC(C)(C)[Si](C)(C)OC1=C[C@H]([Si](C)(C)c2ccccc2)[C@H]2CCO[C@@H]1C(=O)C2. The number of ketones is 1. The number of carbonyl (C=O) groups is 1. The molecule has 0 aromatic heterocycles. The van der Waals surface area contributed by atoms with Crippen LogP contribution in [0.2, 0.25) is 36.8 Å². The van der Waals surface area contributed by atoms with Crippen molar-refractivity contribution in [3.63, 3.8) is 0 Å². The lowest BCUT2D eigenvalue weighted by atomic mass is 9.97. The Morgan fingerprint density at radius 1 is 1.07 bits per heavy atom. The van der Waals surface area contributed by atoms with Crippen LogP contribution in [0.1, 0.15) is 33.6 Å². The molecule has 154 valence electrons. The topological polar surface area (TPSA) is 35.5 Å². The third-order valence-electron chi connectivity index (χ3n) is 7.17.